The summed E-state index contributed by atoms with van der Waals surface area (Å²) >= 11 is 1.57. The van der Waals surface area contributed by atoms with Gasteiger partial charge in [0.1, 0.15) is 16.5 Å². The Morgan fingerprint density at radius 3 is 2.74 bits per heavy atom. The second-order valence-electron chi connectivity index (χ2n) is 4.82. The van der Waals surface area contributed by atoms with Crippen LogP contribution < -0.4 is 14.8 Å². The number of amides is 1. The first kappa shape index (κ1) is 15.3. The monoisotopic (exact) mass is 328 g/mol. The molecule has 0 atom stereocenters. The molecule has 2 aromatic carbocycles. The molecule has 5 nitrogen and oxygen atoms in total. The number of methoxy groups -OCH3 is 2. The topological polar surface area (TPSA) is 60.5 Å². The highest BCUT2D eigenvalue weighted by Crippen LogP contribution is 2.24. The molecule has 118 valence electrons. The van der Waals surface area contributed by atoms with Gasteiger partial charge in [-0.1, -0.05) is 12.1 Å². The van der Waals surface area contributed by atoms with Gasteiger partial charge in [0.15, 0.2) is 0 Å². The lowest BCUT2D eigenvalue weighted by Crippen LogP contribution is -2.23. The van der Waals surface area contributed by atoms with E-state index in [9.17, 15) is 4.79 Å². The maximum Gasteiger partial charge on any atom is 0.255 e. The number of benzene rings is 2. The van der Waals surface area contributed by atoms with Crippen LogP contribution in [0.3, 0.4) is 0 Å². The predicted molar refractivity (Wildman–Crippen MR) is 90.3 cm³/mol. The fourth-order valence-corrected chi connectivity index (χ4v) is 3.15. The fourth-order valence-electron chi connectivity index (χ4n) is 2.24. The van der Waals surface area contributed by atoms with Crippen molar-refractivity contribution in [2.45, 2.75) is 6.54 Å². The van der Waals surface area contributed by atoms with Gasteiger partial charge in [0, 0.05) is 0 Å². The molecular weight excluding hydrogens is 312 g/mol. The van der Waals surface area contributed by atoms with E-state index >= 15 is 0 Å². The van der Waals surface area contributed by atoms with Crippen LogP contribution in [0.1, 0.15) is 15.4 Å². The standard InChI is InChI=1S/C17H16N2O3S/c1-21-11-7-8-14(22-2)12(9-11)17(20)18-10-16-19-13-5-3-4-6-15(13)23-16/h3-9H,10H2,1-2H3,(H,18,20). The Bertz CT molecular complexity index is 812. The zero-order chi connectivity index (χ0) is 16.2. The molecule has 6 heteroatoms. The molecule has 23 heavy (non-hydrogen) atoms. The Hall–Kier alpha value is -2.60. The molecule has 3 aromatic rings. The first-order chi connectivity index (χ1) is 11.2. The minimum absolute atomic E-state index is 0.222. The third kappa shape index (κ3) is 3.27. The summed E-state index contributed by atoms with van der Waals surface area (Å²) in [5.41, 5.74) is 1.38. The molecule has 0 aliphatic heterocycles. The molecule has 1 aromatic heterocycles. The number of fused-ring (bicyclic) bond motifs is 1. The quantitative estimate of drug-likeness (QED) is 0.781. The number of nitrogens with one attached hydrogen (secondary N) is 1. The summed E-state index contributed by atoms with van der Waals surface area (Å²) in [6.45, 7) is 0.374. The van der Waals surface area contributed by atoms with E-state index in [0.29, 0.717) is 23.6 Å². The van der Waals surface area contributed by atoms with Crippen LogP contribution in [0.25, 0.3) is 10.2 Å². The molecule has 0 spiro atoms. The maximum atomic E-state index is 12.4. The Kier molecular flexibility index (Phi) is 4.43. The summed E-state index contributed by atoms with van der Waals surface area (Å²) in [4.78, 5) is 16.9. The van der Waals surface area contributed by atoms with E-state index in [1.54, 1.807) is 36.6 Å². The van der Waals surface area contributed by atoms with Crippen molar-refractivity contribution in [2.75, 3.05) is 14.2 Å². The summed E-state index contributed by atoms with van der Waals surface area (Å²) in [6, 6.07) is 13.0. The Balaban J connectivity index is 1.76. The van der Waals surface area contributed by atoms with Crippen molar-refractivity contribution in [3.63, 3.8) is 0 Å². The van der Waals surface area contributed by atoms with Crippen LogP contribution in [-0.2, 0) is 6.54 Å². The van der Waals surface area contributed by atoms with Crippen molar-refractivity contribution in [3.8, 4) is 11.5 Å². The van der Waals surface area contributed by atoms with Crippen LogP contribution in [0.5, 0.6) is 11.5 Å². The van der Waals surface area contributed by atoms with E-state index in [-0.39, 0.29) is 5.91 Å². The molecule has 0 radical (unpaired) electrons. The summed E-state index contributed by atoms with van der Waals surface area (Å²) in [6.07, 6.45) is 0. The molecule has 1 heterocycles. The second-order valence-corrected chi connectivity index (χ2v) is 5.94. The highest BCUT2D eigenvalue weighted by Gasteiger charge is 2.14. The van der Waals surface area contributed by atoms with E-state index in [4.69, 9.17) is 9.47 Å². The number of hydrogen-bond acceptors (Lipinski definition) is 5. The Morgan fingerprint density at radius 2 is 2.00 bits per heavy atom. The van der Waals surface area contributed by atoms with Crippen LogP contribution in [0, 0.1) is 0 Å². The number of ether oxygens (including phenoxy) is 2. The van der Waals surface area contributed by atoms with Crippen LogP contribution in [-0.4, -0.2) is 25.1 Å². The van der Waals surface area contributed by atoms with Gasteiger partial charge in [0.2, 0.25) is 0 Å². The lowest BCUT2D eigenvalue weighted by molar-refractivity contribution is 0.0947. The van der Waals surface area contributed by atoms with E-state index < -0.39 is 0 Å². The molecule has 0 unspecified atom stereocenters. The molecular formula is C17H16N2O3S. The lowest BCUT2D eigenvalue weighted by atomic mass is 10.1. The van der Waals surface area contributed by atoms with E-state index in [2.05, 4.69) is 10.3 Å². The third-order valence-electron chi connectivity index (χ3n) is 3.39. The number of carbonyl (C=O) groups is 1. The summed E-state index contributed by atoms with van der Waals surface area (Å²) in [5, 5.41) is 3.74. The number of hydrogen-bond donors (Lipinski definition) is 1. The lowest BCUT2D eigenvalue weighted by Gasteiger charge is -2.10. The minimum Gasteiger partial charge on any atom is -0.497 e. The smallest absolute Gasteiger partial charge is 0.255 e. The molecule has 0 saturated heterocycles. The van der Waals surface area contributed by atoms with Crippen LogP contribution in [0.4, 0.5) is 0 Å². The van der Waals surface area contributed by atoms with Crippen molar-refractivity contribution in [3.05, 3.63) is 53.0 Å². The second kappa shape index (κ2) is 6.66. The molecule has 0 fully saturated rings. The first-order valence-corrected chi connectivity index (χ1v) is 7.87. The van der Waals surface area contributed by atoms with Crippen molar-refractivity contribution in [1.82, 2.24) is 10.3 Å². The Labute approximate surface area is 137 Å². The normalized spacial score (nSPS) is 10.5. The van der Waals surface area contributed by atoms with Crippen molar-refractivity contribution in [1.29, 1.82) is 0 Å². The van der Waals surface area contributed by atoms with Gasteiger partial charge in [0.25, 0.3) is 5.91 Å². The van der Waals surface area contributed by atoms with Crippen LogP contribution >= 0.6 is 11.3 Å². The van der Waals surface area contributed by atoms with E-state index in [0.717, 1.165) is 15.2 Å². The molecule has 0 aliphatic carbocycles. The number of thiazole rings is 1. The van der Waals surface area contributed by atoms with Gasteiger partial charge in [-0.2, -0.15) is 0 Å². The molecule has 1 amide bonds. The average Bonchev–Trinajstić information content (AvgIpc) is 3.02. The van der Waals surface area contributed by atoms with Gasteiger partial charge in [-0.15, -0.1) is 11.3 Å². The first-order valence-electron chi connectivity index (χ1n) is 7.06. The van der Waals surface area contributed by atoms with Crippen LogP contribution in [0.15, 0.2) is 42.5 Å². The highest BCUT2D eigenvalue weighted by molar-refractivity contribution is 7.18. The predicted octanol–water partition coefficient (Wildman–Crippen LogP) is 3.24. The van der Waals surface area contributed by atoms with Crippen molar-refractivity contribution < 1.29 is 14.3 Å². The average molecular weight is 328 g/mol. The number of nitrogens with zero attached hydrogens (tertiary/aromatic N) is 1. The van der Waals surface area contributed by atoms with Gasteiger partial charge in [-0.25, -0.2) is 4.98 Å². The third-order valence-corrected chi connectivity index (χ3v) is 4.43. The van der Waals surface area contributed by atoms with Gasteiger partial charge >= 0.3 is 0 Å². The summed E-state index contributed by atoms with van der Waals surface area (Å²) in [5.74, 6) is 0.892. The number of aromatic nitrogens is 1. The highest BCUT2D eigenvalue weighted by atomic mass is 32.1. The largest absolute Gasteiger partial charge is 0.497 e. The molecule has 3 rings (SSSR count). The molecule has 1 N–H and O–H groups in total. The molecule has 0 aliphatic rings. The minimum atomic E-state index is -0.222. The molecule has 0 bridgehead atoms. The van der Waals surface area contributed by atoms with Gasteiger partial charge in [-0.05, 0) is 30.3 Å². The van der Waals surface area contributed by atoms with Gasteiger partial charge in [0.05, 0.1) is 36.5 Å². The molecule has 0 saturated carbocycles. The Morgan fingerprint density at radius 1 is 1.17 bits per heavy atom. The van der Waals surface area contributed by atoms with E-state index in [1.807, 2.05) is 24.3 Å². The van der Waals surface area contributed by atoms with Crippen LogP contribution in [0.2, 0.25) is 0 Å². The summed E-state index contributed by atoms with van der Waals surface area (Å²) < 4.78 is 11.5. The van der Waals surface area contributed by atoms with E-state index in [1.165, 1.54) is 7.11 Å². The number of para-hydroxylation sites is 1. The number of carbonyl (C=O) groups excluding carboxylic acids is 1. The van der Waals surface area contributed by atoms with Crippen molar-refractivity contribution >= 4 is 27.5 Å². The number of rotatable bonds is 5. The van der Waals surface area contributed by atoms with Gasteiger partial charge in [-0.3, -0.25) is 4.79 Å². The zero-order valence-electron chi connectivity index (χ0n) is 12.8. The van der Waals surface area contributed by atoms with Crippen molar-refractivity contribution in [2.24, 2.45) is 0 Å². The summed E-state index contributed by atoms with van der Waals surface area (Å²) in [7, 11) is 3.09. The van der Waals surface area contributed by atoms with Gasteiger partial charge < -0.3 is 14.8 Å². The maximum absolute atomic E-state index is 12.4. The SMILES string of the molecule is COc1ccc(OC)c(C(=O)NCc2nc3ccccc3s2)c1. The zero-order valence-corrected chi connectivity index (χ0v) is 13.6. The fraction of sp³-hybridized carbons (Fsp3) is 0.176.